The average Bonchev–Trinajstić information content (AvgIpc) is 3.60. The van der Waals surface area contributed by atoms with Gasteiger partial charge in [0.15, 0.2) is 17.3 Å². The number of hydrogen-bond donors (Lipinski definition) is 2. The molecule has 0 unspecified atom stereocenters. The number of benzene rings is 3. The minimum atomic E-state index is -0.250. The molecule has 0 saturated carbocycles. The number of fused-ring (bicyclic) bond motifs is 3. The van der Waals surface area contributed by atoms with E-state index in [2.05, 4.69) is 20.8 Å². The summed E-state index contributed by atoms with van der Waals surface area (Å²) in [5.74, 6) is 1.75. The van der Waals surface area contributed by atoms with E-state index in [4.69, 9.17) is 14.3 Å². The van der Waals surface area contributed by atoms with Crippen LogP contribution < -0.4 is 15.4 Å². The first kappa shape index (κ1) is 21.4. The Balaban J connectivity index is 1.39. The van der Waals surface area contributed by atoms with E-state index < -0.39 is 0 Å². The van der Waals surface area contributed by atoms with Crippen molar-refractivity contribution in [1.82, 2.24) is 19.8 Å². The van der Waals surface area contributed by atoms with Gasteiger partial charge in [0, 0.05) is 27.7 Å². The molecule has 3 heterocycles. The zero-order valence-corrected chi connectivity index (χ0v) is 19.2. The number of aromatic nitrogens is 4. The van der Waals surface area contributed by atoms with Crippen LogP contribution in [0.2, 0.25) is 0 Å². The monoisotopic (exact) mass is 476 g/mol. The second kappa shape index (κ2) is 8.88. The van der Waals surface area contributed by atoms with Gasteiger partial charge < -0.3 is 19.8 Å². The number of nitrogens with zero attached hydrogens (tertiary/aromatic N) is 4. The lowest BCUT2D eigenvalue weighted by Crippen LogP contribution is -2.11. The van der Waals surface area contributed by atoms with Gasteiger partial charge in [0.2, 0.25) is 0 Å². The molecule has 0 fully saturated rings. The summed E-state index contributed by atoms with van der Waals surface area (Å²) in [5.41, 5.74) is 3.37. The molecular formula is C27H20N6O3. The van der Waals surface area contributed by atoms with Crippen molar-refractivity contribution in [2.24, 2.45) is 0 Å². The van der Waals surface area contributed by atoms with Crippen molar-refractivity contribution >= 4 is 39.5 Å². The quantitative estimate of drug-likeness (QED) is 0.325. The molecule has 0 spiro atoms. The lowest BCUT2D eigenvalue weighted by atomic mass is 10.1. The molecule has 0 aliphatic carbocycles. The van der Waals surface area contributed by atoms with E-state index in [0.717, 1.165) is 27.8 Å². The van der Waals surface area contributed by atoms with Crippen LogP contribution >= 0.6 is 0 Å². The van der Waals surface area contributed by atoms with E-state index in [1.807, 2.05) is 72.8 Å². The number of carbonyl (C=O) groups is 1. The molecule has 0 aliphatic rings. The fourth-order valence-electron chi connectivity index (χ4n) is 4.00. The van der Waals surface area contributed by atoms with Gasteiger partial charge in [0.1, 0.15) is 12.0 Å². The number of nitrogens with one attached hydrogen (secondary N) is 2. The maximum absolute atomic E-state index is 12.4. The van der Waals surface area contributed by atoms with Crippen molar-refractivity contribution in [3.63, 3.8) is 0 Å². The molecule has 6 aromatic rings. The van der Waals surface area contributed by atoms with Gasteiger partial charge in [-0.3, -0.25) is 4.79 Å². The van der Waals surface area contributed by atoms with Crippen LogP contribution in [0, 0.1) is 0 Å². The Morgan fingerprint density at radius 2 is 1.72 bits per heavy atom. The number of anilines is 3. The van der Waals surface area contributed by atoms with Crippen molar-refractivity contribution in [2.75, 3.05) is 17.7 Å². The van der Waals surface area contributed by atoms with Crippen LogP contribution in [0.25, 0.3) is 27.8 Å². The summed E-state index contributed by atoms with van der Waals surface area (Å²) in [6.07, 6.45) is 2.87. The summed E-state index contributed by atoms with van der Waals surface area (Å²) < 4.78 is 12.0. The number of methoxy groups -OCH3 is 1. The van der Waals surface area contributed by atoms with E-state index in [1.165, 1.54) is 12.5 Å². The highest BCUT2D eigenvalue weighted by Crippen LogP contribution is 2.30. The maximum Gasteiger partial charge on any atom is 0.258 e. The predicted octanol–water partition coefficient (Wildman–Crippen LogP) is 5.54. The highest BCUT2D eigenvalue weighted by molar-refractivity contribution is 6.04. The van der Waals surface area contributed by atoms with Crippen molar-refractivity contribution in [2.45, 2.75) is 0 Å². The van der Waals surface area contributed by atoms with Gasteiger partial charge in [-0.05, 0) is 48.5 Å². The minimum Gasteiger partial charge on any atom is -0.497 e. The van der Waals surface area contributed by atoms with E-state index in [0.29, 0.717) is 28.5 Å². The summed E-state index contributed by atoms with van der Waals surface area (Å²) in [4.78, 5) is 12.4. The zero-order valence-electron chi connectivity index (χ0n) is 19.2. The molecule has 9 nitrogen and oxygen atoms in total. The third kappa shape index (κ3) is 3.88. The van der Waals surface area contributed by atoms with Crippen LogP contribution in [-0.4, -0.2) is 32.8 Å². The number of ether oxygens (including phenoxy) is 1. The Kier molecular flexibility index (Phi) is 5.27. The van der Waals surface area contributed by atoms with Gasteiger partial charge in [0.05, 0.1) is 18.9 Å². The third-order valence-corrected chi connectivity index (χ3v) is 5.78. The molecule has 36 heavy (non-hydrogen) atoms. The molecule has 0 aliphatic heterocycles. The van der Waals surface area contributed by atoms with Crippen molar-refractivity contribution < 1.29 is 13.9 Å². The second-order valence-corrected chi connectivity index (χ2v) is 8.05. The Morgan fingerprint density at radius 1 is 0.917 bits per heavy atom. The van der Waals surface area contributed by atoms with Gasteiger partial charge >= 0.3 is 0 Å². The molecule has 3 aromatic carbocycles. The van der Waals surface area contributed by atoms with Crippen LogP contribution in [0.3, 0.4) is 0 Å². The van der Waals surface area contributed by atoms with Crippen LogP contribution in [0.4, 0.5) is 17.2 Å². The second-order valence-electron chi connectivity index (χ2n) is 8.05. The Labute approximate surface area is 205 Å². The highest BCUT2D eigenvalue weighted by atomic mass is 16.5. The topological polar surface area (TPSA) is 107 Å². The Morgan fingerprint density at radius 3 is 2.50 bits per heavy atom. The molecule has 9 heteroatoms. The molecular weight excluding hydrogens is 456 g/mol. The molecule has 0 bridgehead atoms. The van der Waals surface area contributed by atoms with E-state index in [9.17, 15) is 4.79 Å². The van der Waals surface area contributed by atoms with Crippen molar-refractivity contribution in [3.8, 4) is 17.1 Å². The standard InChI is InChI=1S/C27H20N6O3/c1-35-21-11-9-17(10-12-21)25-30-31-26-23-8-3-2-7-22(23)24(32-33(25)26)28-19-5-4-6-20(15-19)29-27(34)18-13-14-36-16-18/h2-16H,1H3,(H,28,32)(H,29,34). The lowest BCUT2D eigenvalue weighted by molar-refractivity contribution is 0.102. The van der Waals surface area contributed by atoms with Gasteiger partial charge in [-0.1, -0.05) is 30.3 Å². The number of rotatable bonds is 6. The van der Waals surface area contributed by atoms with Crippen molar-refractivity contribution in [3.05, 3.63) is 97.0 Å². The fraction of sp³-hybridized carbons (Fsp3) is 0.0370. The van der Waals surface area contributed by atoms with E-state index in [1.54, 1.807) is 17.7 Å². The van der Waals surface area contributed by atoms with Crippen molar-refractivity contribution in [1.29, 1.82) is 0 Å². The van der Waals surface area contributed by atoms with Gasteiger partial charge in [0.25, 0.3) is 5.91 Å². The fourth-order valence-corrected chi connectivity index (χ4v) is 4.00. The smallest absolute Gasteiger partial charge is 0.258 e. The van der Waals surface area contributed by atoms with Gasteiger partial charge in [-0.25, -0.2) is 0 Å². The molecule has 0 atom stereocenters. The zero-order chi connectivity index (χ0) is 24.5. The van der Waals surface area contributed by atoms with Gasteiger partial charge in [-0.15, -0.1) is 15.3 Å². The lowest BCUT2D eigenvalue weighted by Gasteiger charge is -2.12. The molecule has 2 N–H and O–H groups in total. The number of furan rings is 1. The normalized spacial score (nSPS) is 11.0. The van der Waals surface area contributed by atoms with Crippen LogP contribution in [0.5, 0.6) is 5.75 Å². The Bertz CT molecular complexity index is 1690. The molecule has 6 rings (SSSR count). The van der Waals surface area contributed by atoms with Crippen LogP contribution in [-0.2, 0) is 0 Å². The molecule has 176 valence electrons. The summed E-state index contributed by atoms with van der Waals surface area (Å²) >= 11 is 0. The number of hydrogen-bond acceptors (Lipinski definition) is 7. The average molecular weight is 476 g/mol. The molecule has 1 amide bonds. The predicted molar refractivity (Wildman–Crippen MR) is 137 cm³/mol. The maximum atomic E-state index is 12.4. The van der Waals surface area contributed by atoms with Gasteiger partial charge in [-0.2, -0.15) is 4.52 Å². The van der Waals surface area contributed by atoms with Crippen LogP contribution in [0.15, 0.2) is 95.8 Å². The first-order valence-corrected chi connectivity index (χ1v) is 11.2. The number of carbonyl (C=O) groups excluding carboxylic acids is 1. The Hall–Kier alpha value is -5.18. The third-order valence-electron chi connectivity index (χ3n) is 5.78. The van der Waals surface area contributed by atoms with Crippen LogP contribution in [0.1, 0.15) is 10.4 Å². The molecule has 3 aromatic heterocycles. The minimum absolute atomic E-state index is 0.250. The SMILES string of the molecule is COc1ccc(-c2nnc3c4ccccc4c(Nc4cccc(NC(=O)c5ccoc5)c4)nn23)cc1. The molecule has 0 saturated heterocycles. The molecule has 0 radical (unpaired) electrons. The summed E-state index contributed by atoms with van der Waals surface area (Å²) in [6.45, 7) is 0. The largest absolute Gasteiger partial charge is 0.497 e. The summed E-state index contributed by atoms with van der Waals surface area (Å²) in [7, 11) is 1.63. The number of amides is 1. The first-order chi connectivity index (χ1) is 17.7. The van der Waals surface area contributed by atoms with E-state index >= 15 is 0 Å². The summed E-state index contributed by atoms with van der Waals surface area (Å²) in [5, 5.41) is 21.8. The summed E-state index contributed by atoms with van der Waals surface area (Å²) in [6, 6.07) is 24.5. The first-order valence-electron chi connectivity index (χ1n) is 11.2. The van der Waals surface area contributed by atoms with E-state index in [-0.39, 0.29) is 5.91 Å². The highest BCUT2D eigenvalue weighted by Gasteiger charge is 2.16.